The molecule has 0 aliphatic heterocycles. The molecule has 19 heavy (non-hydrogen) atoms. The van der Waals surface area contributed by atoms with E-state index < -0.39 is 0 Å². The molecule has 1 aromatic carbocycles. The SMILES string of the molecule is CNCC(C)(C)c1csc(-c2ccc(C)c(Br)c2)c1. The topological polar surface area (TPSA) is 12.0 Å². The van der Waals surface area contributed by atoms with Crippen LogP contribution in [0.15, 0.2) is 34.1 Å². The first-order valence-corrected chi connectivity index (χ1v) is 8.11. The highest BCUT2D eigenvalue weighted by Crippen LogP contribution is 2.34. The summed E-state index contributed by atoms with van der Waals surface area (Å²) in [6.45, 7) is 7.66. The van der Waals surface area contributed by atoms with Crippen molar-refractivity contribution in [1.29, 1.82) is 0 Å². The maximum atomic E-state index is 3.61. The van der Waals surface area contributed by atoms with E-state index in [1.807, 2.05) is 18.4 Å². The van der Waals surface area contributed by atoms with Gasteiger partial charge in [0, 0.05) is 21.3 Å². The van der Waals surface area contributed by atoms with Gasteiger partial charge in [0.2, 0.25) is 0 Å². The Kier molecular flexibility index (Phi) is 4.49. The first-order chi connectivity index (χ1) is 8.94. The number of aryl methyl sites for hydroxylation is 1. The minimum atomic E-state index is 0.172. The molecule has 0 aliphatic carbocycles. The molecule has 2 aromatic rings. The van der Waals surface area contributed by atoms with Crippen LogP contribution in [0.4, 0.5) is 0 Å². The molecular formula is C16H20BrNS. The second-order valence-corrected chi connectivity index (χ2v) is 7.34. The van der Waals surface area contributed by atoms with E-state index in [1.54, 1.807) is 0 Å². The van der Waals surface area contributed by atoms with Crippen molar-refractivity contribution in [3.8, 4) is 10.4 Å². The average Bonchev–Trinajstić information content (AvgIpc) is 2.83. The lowest BCUT2D eigenvalue weighted by Gasteiger charge is -2.23. The van der Waals surface area contributed by atoms with Crippen LogP contribution >= 0.6 is 27.3 Å². The fourth-order valence-electron chi connectivity index (χ4n) is 2.13. The summed E-state index contributed by atoms with van der Waals surface area (Å²) in [6, 6.07) is 8.88. The van der Waals surface area contributed by atoms with Gasteiger partial charge in [-0.15, -0.1) is 11.3 Å². The van der Waals surface area contributed by atoms with E-state index in [9.17, 15) is 0 Å². The Morgan fingerprint density at radius 3 is 2.63 bits per heavy atom. The van der Waals surface area contributed by atoms with Gasteiger partial charge in [-0.05, 0) is 48.2 Å². The van der Waals surface area contributed by atoms with Crippen LogP contribution in [-0.4, -0.2) is 13.6 Å². The maximum absolute atomic E-state index is 3.61. The van der Waals surface area contributed by atoms with Gasteiger partial charge in [-0.3, -0.25) is 0 Å². The highest BCUT2D eigenvalue weighted by Gasteiger charge is 2.21. The van der Waals surface area contributed by atoms with Crippen molar-refractivity contribution in [2.45, 2.75) is 26.2 Å². The number of benzene rings is 1. The van der Waals surface area contributed by atoms with Crippen molar-refractivity contribution in [3.05, 3.63) is 45.2 Å². The number of halogens is 1. The summed E-state index contributed by atoms with van der Waals surface area (Å²) in [4.78, 5) is 1.33. The minimum Gasteiger partial charge on any atom is -0.319 e. The van der Waals surface area contributed by atoms with Gasteiger partial charge in [-0.1, -0.05) is 41.9 Å². The normalized spacial score (nSPS) is 11.8. The predicted octanol–water partition coefficient (Wildman–Crippen LogP) is 4.98. The predicted molar refractivity (Wildman–Crippen MR) is 89.1 cm³/mol. The van der Waals surface area contributed by atoms with E-state index in [0.29, 0.717) is 0 Å². The highest BCUT2D eigenvalue weighted by molar-refractivity contribution is 9.10. The summed E-state index contributed by atoms with van der Waals surface area (Å²) in [5.41, 5.74) is 4.13. The monoisotopic (exact) mass is 337 g/mol. The van der Waals surface area contributed by atoms with Crippen LogP contribution in [0.1, 0.15) is 25.0 Å². The summed E-state index contributed by atoms with van der Waals surface area (Å²) in [5.74, 6) is 0. The van der Waals surface area contributed by atoms with Crippen LogP contribution in [0.5, 0.6) is 0 Å². The molecule has 0 fully saturated rings. The summed E-state index contributed by atoms with van der Waals surface area (Å²) < 4.78 is 1.18. The van der Waals surface area contributed by atoms with Crippen LogP contribution < -0.4 is 5.32 Å². The molecule has 1 N–H and O–H groups in total. The van der Waals surface area contributed by atoms with Gasteiger partial charge >= 0.3 is 0 Å². The van der Waals surface area contributed by atoms with Crippen LogP contribution in [0, 0.1) is 6.92 Å². The second kappa shape index (κ2) is 5.78. The Morgan fingerprint density at radius 2 is 2.00 bits per heavy atom. The van der Waals surface area contributed by atoms with E-state index >= 15 is 0 Å². The van der Waals surface area contributed by atoms with Gasteiger partial charge in [0.1, 0.15) is 0 Å². The first kappa shape index (κ1) is 14.8. The number of likely N-dealkylation sites (N-methyl/N-ethyl adjacent to an activating group) is 1. The molecule has 0 atom stereocenters. The molecule has 2 rings (SSSR count). The van der Waals surface area contributed by atoms with Crippen LogP contribution in [0.3, 0.4) is 0 Å². The Hall–Kier alpha value is -0.640. The smallest absolute Gasteiger partial charge is 0.0346 e. The summed E-state index contributed by atoms with van der Waals surface area (Å²) >= 11 is 5.43. The zero-order valence-corrected chi connectivity index (χ0v) is 14.3. The van der Waals surface area contributed by atoms with E-state index in [4.69, 9.17) is 0 Å². The van der Waals surface area contributed by atoms with Gasteiger partial charge < -0.3 is 5.32 Å². The molecule has 1 heterocycles. The lowest BCUT2D eigenvalue weighted by Crippen LogP contribution is -2.30. The van der Waals surface area contributed by atoms with E-state index in [2.05, 4.69) is 71.7 Å². The van der Waals surface area contributed by atoms with Crippen LogP contribution in [-0.2, 0) is 5.41 Å². The van der Waals surface area contributed by atoms with Gasteiger partial charge in [-0.2, -0.15) is 0 Å². The zero-order chi connectivity index (χ0) is 14.0. The Morgan fingerprint density at radius 1 is 1.26 bits per heavy atom. The third-order valence-electron chi connectivity index (χ3n) is 3.46. The molecule has 0 saturated heterocycles. The number of rotatable bonds is 4. The van der Waals surface area contributed by atoms with Crippen molar-refractivity contribution >= 4 is 27.3 Å². The number of hydrogen-bond donors (Lipinski definition) is 1. The molecular weight excluding hydrogens is 318 g/mol. The van der Waals surface area contributed by atoms with E-state index in [1.165, 1.54) is 26.0 Å². The molecule has 1 nitrogen and oxygen atoms in total. The Labute approximate surface area is 128 Å². The lowest BCUT2D eigenvalue weighted by molar-refractivity contribution is 0.496. The van der Waals surface area contributed by atoms with Gasteiger partial charge in [0.25, 0.3) is 0 Å². The average molecular weight is 338 g/mol. The molecule has 3 heteroatoms. The number of nitrogens with one attached hydrogen (secondary N) is 1. The van der Waals surface area contributed by atoms with Gasteiger partial charge in [0.15, 0.2) is 0 Å². The fraction of sp³-hybridized carbons (Fsp3) is 0.375. The lowest BCUT2D eigenvalue weighted by atomic mass is 9.86. The summed E-state index contributed by atoms with van der Waals surface area (Å²) in [5, 5.41) is 5.55. The summed E-state index contributed by atoms with van der Waals surface area (Å²) in [7, 11) is 2.01. The zero-order valence-electron chi connectivity index (χ0n) is 11.9. The van der Waals surface area contributed by atoms with Crippen molar-refractivity contribution < 1.29 is 0 Å². The van der Waals surface area contributed by atoms with Gasteiger partial charge in [-0.25, -0.2) is 0 Å². The largest absolute Gasteiger partial charge is 0.319 e. The standard InChI is InChI=1S/C16H20BrNS/c1-11-5-6-12(7-14(11)17)15-8-13(9-19-15)16(2,3)10-18-4/h5-9,18H,10H2,1-4H3. The Balaban J connectivity index is 2.33. The fourth-order valence-corrected chi connectivity index (χ4v) is 3.61. The molecule has 0 radical (unpaired) electrons. The number of hydrogen-bond acceptors (Lipinski definition) is 2. The molecule has 0 unspecified atom stereocenters. The third kappa shape index (κ3) is 3.28. The quantitative estimate of drug-likeness (QED) is 0.829. The maximum Gasteiger partial charge on any atom is 0.0346 e. The van der Waals surface area contributed by atoms with Crippen molar-refractivity contribution in [2.24, 2.45) is 0 Å². The molecule has 1 aromatic heterocycles. The second-order valence-electron chi connectivity index (χ2n) is 5.58. The van der Waals surface area contributed by atoms with Crippen molar-refractivity contribution in [1.82, 2.24) is 5.32 Å². The van der Waals surface area contributed by atoms with E-state index in [-0.39, 0.29) is 5.41 Å². The first-order valence-electron chi connectivity index (χ1n) is 6.44. The van der Waals surface area contributed by atoms with Gasteiger partial charge in [0.05, 0.1) is 0 Å². The van der Waals surface area contributed by atoms with Crippen LogP contribution in [0.25, 0.3) is 10.4 Å². The van der Waals surface area contributed by atoms with E-state index in [0.717, 1.165) is 6.54 Å². The molecule has 0 bridgehead atoms. The molecule has 0 amide bonds. The third-order valence-corrected chi connectivity index (χ3v) is 5.29. The molecule has 102 valence electrons. The molecule has 0 spiro atoms. The number of thiophene rings is 1. The minimum absolute atomic E-state index is 0.172. The molecule has 0 aliphatic rings. The van der Waals surface area contributed by atoms with Crippen LogP contribution in [0.2, 0.25) is 0 Å². The van der Waals surface area contributed by atoms with Crippen molar-refractivity contribution in [2.75, 3.05) is 13.6 Å². The Bertz CT molecular complexity index is 572. The highest BCUT2D eigenvalue weighted by atomic mass is 79.9. The van der Waals surface area contributed by atoms with Crippen molar-refractivity contribution in [3.63, 3.8) is 0 Å². The molecule has 0 saturated carbocycles. The summed E-state index contributed by atoms with van der Waals surface area (Å²) in [6.07, 6.45) is 0.